The van der Waals surface area contributed by atoms with Gasteiger partial charge in [-0.05, 0) is 74.6 Å². The third-order valence-electron chi connectivity index (χ3n) is 10.1. The van der Waals surface area contributed by atoms with Crippen LogP contribution in [0.15, 0.2) is 187 Å². The van der Waals surface area contributed by atoms with E-state index in [9.17, 15) is 0 Å². The second-order valence-electron chi connectivity index (χ2n) is 13.3. The standard InChI is InChI=1S/C48H32N4/c1-3-11-31(12-4-1)46-30-47(52-48(51-46)34-13-5-2-6-14-34)43-26-24-33-20-22-37(29-45(33)50-43)42-25-23-32-19-21-36(28-44(32)49-42)41-27-35-15-7-8-16-38(35)39-17-9-10-18-40(39)41/h1-30,47H,(H,51,52). The number of rotatable bonds is 5. The Morgan fingerprint density at radius 3 is 1.85 bits per heavy atom. The van der Waals surface area contributed by atoms with Gasteiger partial charge in [0, 0.05) is 21.9 Å². The van der Waals surface area contributed by atoms with E-state index in [1.807, 2.05) is 36.4 Å². The molecule has 9 aromatic rings. The third kappa shape index (κ3) is 5.38. The van der Waals surface area contributed by atoms with E-state index in [0.29, 0.717) is 0 Å². The zero-order chi connectivity index (χ0) is 34.4. The molecule has 244 valence electrons. The molecule has 4 heteroatoms. The first-order valence-corrected chi connectivity index (χ1v) is 17.6. The van der Waals surface area contributed by atoms with Gasteiger partial charge in [0.1, 0.15) is 5.84 Å². The van der Waals surface area contributed by atoms with E-state index in [-0.39, 0.29) is 6.04 Å². The normalized spacial score (nSPS) is 14.3. The van der Waals surface area contributed by atoms with E-state index in [4.69, 9.17) is 15.0 Å². The van der Waals surface area contributed by atoms with E-state index < -0.39 is 0 Å². The molecule has 10 rings (SSSR count). The van der Waals surface area contributed by atoms with Gasteiger partial charge in [0.2, 0.25) is 0 Å². The zero-order valence-electron chi connectivity index (χ0n) is 28.2. The second kappa shape index (κ2) is 12.4. The highest BCUT2D eigenvalue weighted by molar-refractivity contribution is 6.14. The van der Waals surface area contributed by atoms with Crippen molar-refractivity contribution in [3.8, 4) is 22.4 Å². The summed E-state index contributed by atoms with van der Waals surface area (Å²) in [5.41, 5.74) is 10.2. The molecule has 3 heterocycles. The van der Waals surface area contributed by atoms with Crippen LogP contribution in [0.1, 0.15) is 22.9 Å². The van der Waals surface area contributed by atoms with Gasteiger partial charge in [-0.2, -0.15) is 0 Å². The molecule has 1 N–H and O–H groups in total. The van der Waals surface area contributed by atoms with Crippen LogP contribution in [0.2, 0.25) is 0 Å². The summed E-state index contributed by atoms with van der Waals surface area (Å²) >= 11 is 0. The van der Waals surface area contributed by atoms with Crippen LogP contribution in [0.5, 0.6) is 0 Å². The lowest BCUT2D eigenvalue weighted by Crippen LogP contribution is -2.31. The molecule has 1 atom stereocenters. The van der Waals surface area contributed by atoms with E-state index >= 15 is 0 Å². The van der Waals surface area contributed by atoms with Crippen molar-refractivity contribution in [1.82, 2.24) is 15.3 Å². The molecule has 2 aromatic heterocycles. The molecule has 0 saturated heterocycles. The maximum absolute atomic E-state index is 5.22. The van der Waals surface area contributed by atoms with E-state index in [1.165, 1.54) is 27.1 Å². The first-order valence-electron chi connectivity index (χ1n) is 17.6. The average molecular weight is 665 g/mol. The monoisotopic (exact) mass is 664 g/mol. The Balaban J connectivity index is 1.03. The Labute approximate surface area is 301 Å². The molecule has 0 radical (unpaired) electrons. The molecule has 1 aliphatic heterocycles. The molecule has 0 aliphatic carbocycles. The van der Waals surface area contributed by atoms with Gasteiger partial charge in [0.25, 0.3) is 0 Å². The lowest BCUT2D eigenvalue weighted by molar-refractivity contribution is 0.756. The maximum Gasteiger partial charge on any atom is 0.134 e. The van der Waals surface area contributed by atoms with Crippen LogP contribution >= 0.6 is 0 Å². The number of hydrogen-bond acceptors (Lipinski definition) is 4. The fourth-order valence-corrected chi connectivity index (χ4v) is 7.41. The van der Waals surface area contributed by atoms with Gasteiger partial charge in [-0.25, -0.2) is 9.98 Å². The number of fused-ring (bicyclic) bond motifs is 5. The first-order chi connectivity index (χ1) is 25.7. The highest BCUT2D eigenvalue weighted by atomic mass is 15.1. The summed E-state index contributed by atoms with van der Waals surface area (Å²) in [7, 11) is 0. The minimum absolute atomic E-state index is 0.153. The molecule has 0 amide bonds. The molecule has 1 unspecified atom stereocenters. The first kappa shape index (κ1) is 30.0. The molecular formula is C48H32N4. The molecule has 0 spiro atoms. The highest BCUT2D eigenvalue weighted by Gasteiger charge is 2.21. The summed E-state index contributed by atoms with van der Waals surface area (Å²) in [6.07, 6.45) is 2.17. The van der Waals surface area contributed by atoms with Crippen LogP contribution in [0.25, 0.3) is 71.4 Å². The fourth-order valence-electron chi connectivity index (χ4n) is 7.41. The Bertz CT molecular complexity index is 2870. The molecular weight excluding hydrogens is 633 g/mol. The van der Waals surface area contributed by atoms with Crippen molar-refractivity contribution in [3.05, 3.63) is 199 Å². The van der Waals surface area contributed by atoms with Crippen LogP contribution in [0.4, 0.5) is 0 Å². The van der Waals surface area contributed by atoms with Crippen LogP contribution in [-0.4, -0.2) is 15.8 Å². The van der Waals surface area contributed by atoms with Crippen molar-refractivity contribution in [2.75, 3.05) is 0 Å². The smallest absolute Gasteiger partial charge is 0.134 e. The number of pyridine rings is 2. The van der Waals surface area contributed by atoms with Gasteiger partial charge in [-0.15, -0.1) is 0 Å². The molecule has 4 nitrogen and oxygen atoms in total. The summed E-state index contributed by atoms with van der Waals surface area (Å²) in [5, 5.41) is 10.9. The Hall–Kier alpha value is -6.91. The summed E-state index contributed by atoms with van der Waals surface area (Å²) in [5.74, 6) is 0.832. The highest BCUT2D eigenvalue weighted by Crippen LogP contribution is 2.36. The Morgan fingerprint density at radius 1 is 0.423 bits per heavy atom. The number of benzene rings is 7. The van der Waals surface area contributed by atoms with Gasteiger partial charge >= 0.3 is 0 Å². The maximum atomic E-state index is 5.22. The minimum Gasteiger partial charge on any atom is -0.358 e. The van der Waals surface area contributed by atoms with E-state index in [1.54, 1.807) is 0 Å². The summed E-state index contributed by atoms with van der Waals surface area (Å²) < 4.78 is 0. The second-order valence-corrected chi connectivity index (χ2v) is 13.3. The van der Waals surface area contributed by atoms with Gasteiger partial charge < -0.3 is 5.32 Å². The minimum atomic E-state index is -0.153. The van der Waals surface area contributed by atoms with Crippen molar-refractivity contribution in [2.45, 2.75) is 6.04 Å². The van der Waals surface area contributed by atoms with Crippen LogP contribution in [0.3, 0.4) is 0 Å². The van der Waals surface area contributed by atoms with Crippen molar-refractivity contribution in [1.29, 1.82) is 0 Å². The largest absolute Gasteiger partial charge is 0.358 e. The number of nitrogens with zero attached hydrogens (tertiary/aromatic N) is 3. The van der Waals surface area contributed by atoms with Gasteiger partial charge in [0.15, 0.2) is 0 Å². The molecule has 0 bridgehead atoms. The fraction of sp³-hybridized carbons (Fsp3) is 0.0208. The SMILES string of the molecule is C1=C(c2ccccc2)N=C(c2ccccc2)NC1c1ccc2ccc(-c3ccc4ccc(-c5cc6ccccc6c6ccccc56)cc4n3)cc2n1. The van der Waals surface area contributed by atoms with Gasteiger partial charge in [0.05, 0.1) is 34.2 Å². The van der Waals surface area contributed by atoms with Crippen molar-refractivity contribution in [2.24, 2.45) is 4.99 Å². The number of aromatic nitrogens is 2. The molecule has 1 aliphatic rings. The number of hydrogen-bond donors (Lipinski definition) is 1. The van der Waals surface area contributed by atoms with Crippen molar-refractivity contribution < 1.29 is 0 Å². The van der Waals surface area contributed by atoms with Crippen LogP contribution in [0, 0.1) is 0 Å². The van der Waals surface area contributed by atoms with Gasteiger partial charge in [-0.1, -0.05) is 146 Å². The molecule has 7 aromatic carbocycles. The predicted octanol–water partition coefficient (Wildman–Crippen LogP) is 11.6. The van der Waals surface area contributed by atoms with E-state index in [2.05, 4.69) is 151 Å². The average Bonchev–Trinajstić information content (AvgIpc) is 3.23. The molecule has 0 saturated carbocycles. The number of aliphatic imine (C=N–C) groups is 1. The third-order valence-corrected chi connectivity index (χ3v) is 10.1. The number of nitrogens with one attached hydrogen (secondary N) is 1. The van der Waals surface area contributed by atoms with Gasteiger partial charge in [-0.3, -0.25) is 4.98 Å². The van der Waals surface area contributed by atoms with Crippen molar-refractivity contribution >= 4 is 54.9 Å². The summed E-state index contributed by atoms with van der Waals surface area (Å²) in [6, 6.07) is 61.7. The van der Waals surface area contributed by atoms with Crippen molar-refractivity contribution in [3.63, 3.8) is 0 Å². The number of amidine groups is 1. The topological polar surface area (TPSA) is 50.2 Å². The lowest BCUT2D eigenvalue weighted by Gasteiger charge is -2.24. The quantitative estimate of drug-likeness (QED) is 0.186. The summed E-state index contributed by atoms with van der Waals surface area (Å²) in [4.78, 5) is 15.5. The Kier molecular flexibility index (Phi) is 7.17. The lowest BCUT2D eigenvalue weighted by atomic mass is 9.93. The van der Waals surface area contributed by atoms with Crippen LogP contribution in [-0.2, 0) is 0 Å². The van der Waals surface area contributed by atoms with E-state index in [0.717, 1.165) is 67.0 Å². The zero-order valence-corrected chi connectivity index (χ0v) is 28.2. The van der Waals surface area contributed by atoms with Crippen LogP contribution < -0.4 is 5.32 Å². The molecule has 52 heavy (non-hydrogen) atoms. The Morgan fingerprint density at radius 2 is 1.04 bits per heavy atom. The predicted molar refractivity (Wildman–Crippen MR) is 216 cm³/mol. The molecule has 0 fully saturated rings. The summed E-state index contributed by atoms with van der Waals surface area (Å²) in [6.45, 7) is 0.